The molecule has 0 saturated heterocycles. The summed E-state index contributed by atoms with van der Waals surface area (Å²) in [5.74, 6) is 1.62. The van der Waals surface area contributed by atoms with Gasteiger partial charge < -0.3 is 9.15 Å². The molecular weight excluding hydrogens is 313 g/mol. The van der Waals surface area contributed by atoms with E-state index in [9.17, 15) is 4.39 Å². The van der Waals surface area contributed by atoms with Crippen LogP contribution in [0, 0.1) is 12.7 Å². The maximum Gasteiger partial charge on any atom is 0.162 e. The molecule has 0 amide bonds. The van der Waals surface area contributed by atoms with Gasteiger partial charge in [0, 0.05) is 5.38 Å². The average Bonchev–Trinajstić information content (AvgIpc) is 3.06. The number of benzene rings is 1. The number of nitrogens with zero attached hydrogens (tertiary/aromatic N) is 1. The topological polar surface area (TPSA) is 35.3 Å². The van der Waals surface area contributed by atoms with E-state index in [0.29, 0.717) is 5.75 Å². The van der Waals surface area contributed by atoms with Crippen LogP contribution in [0.5, 0.6) is 5.75 Å². The van der Waals surface area contributed by atoms with Crippen LogP contribution in [0.3, 0.4) is 0 Å². The minimum absolute atomic E-state index is 0.243. The molecule has 0 bridgehead atoms. The normalized spacial score (nSPS) is 10.8. The molecule has 6 heteroatoms. The van der Waals surface area contributed by atoms with Crippen molar-refractivity contribution in [1.82, 2.24) is 4.98 Å². The van der Waals surface area contributed by atoms with Crippen LogP contribution in [0.1, 0.15) is 11.5 Å². The van der Waals surface area contributed by atoms with Crippen molar-refractivity contribution in [3.63, 3.8) is 0 Å². The molecule has 0 aliphatic heterocycles. The molecule has 0 fully saturated rings. The first-order chi connectivity index (χ1) is 10.1. The summed E-state index contributed by atoms with van der Waals surface area (Å²) < 4.78 is 24.0. The van der Waals surface area contributed by atoms with Crippen LogP contribution >= 0.6 is 22.9 Å². The molecule has 0 radical (unpaired) electrons. The molecule has 0 atom stereocenters. The molecule has 0 aliphatic carbocycles. The second-order valence-electron chi connectivity index (χ2n) is 4.42. The molecule has 1 aromatic carbocycles. The van der Waals surface area contributed by atoms with Crippen molar-refractivity contribution >= 4 is 22.9 Å². The molecule has 2 heterocycles. The predicted octanol–water partition coefficient (Wildman–Crippen LogP) is 5.08. The minimum atomic E-state index is -0.392. The third-order valence-electron chi connectivity index (χ3n) is 2.77. The summed E-state index contributed by atoms with van der Waals surface area (Å²) in [5, 5.41) is 2.93. The second-order valence-corrected chi connectivity index (χ2v) is 5.68. The van der Waals surface area contributed by atoms with Gasteiger partial charge in [-0.3, -0.25) is 0 Å². The monoisotopic (exact) mass is 323 g/mol. The fourth-order valence-corrected chi connectivity index (χ4v) is 2.77. The van der Waals surface area contributed by atoms with Crippen molar-refractivity contribution in [1.29, 1.82) is 0 Å². The smallest absolute Gasteiger partial charge is 0.162 e. The van der Waals surface area contributed by atoms with Crippen molar-refractivity contribution in [2.24, 2.45) is 0 Å². The van der Waals surface area contributed by atoms with Gasteiger partial charge in [-0.25, -0.2) is 9.37 Å². The van der Waals surface area contributed by atoms with Crippen LogP contribution in [0.15, 0.2) is 40.1 Å². The lowest BCUT2D eigenvalue weighted by molar-refractivity contribution is 0.302. The number of thiazole rings is 1. The Morgan fingerprint density at radius 2 is 2.19 bits per heavy atom. The van der Waals surface area contributed by atoms with E-state index in [1.807, 2.05) is 24.4 Å². The molecule has 3 rings (SSSR count). The fourth-order valence-electron chi connectivity index (χ4n) is 1.78. The maximum absolute atomic E-state index is 12.9. The van der Waals surface area contributed by atoms with E-state index in [2.05, 4.69) is 4.98 Å². The number of hydrogen-bond donors (Lipinski definition) is 0. The highest BCUT2D eigenvalue weighted by molar-refractivity contribution is 7.13. The summed E-state index contributed by atoms with van der Waals surface area (Å²) in [6, 6.07) is 7.80. The van der Waals surface area contributed by atoms with Crippen LogP contribution in [0.2, 0.25) is 5.02 Å². The fraction of sp³-hybridized carbons (Fsp3) is 0.133. The molecule has 0 aliphatic rings. The number of aryl methyl sites for hydroxylation is 1. The molecule has 3 aromatic rings. The van der Waals surface area contributed by atoms with Gasteiger partial charge in [0.15, 0.2) is 10.8 Å². The third kappa shape index (κ3) is 3.25. The van der Waals surface area contributed by atoms with Crippen molar-refractivity contribution in [2.75, 3.05) is 0 Å². The van der Waals surface area contributed by atoms with Crippen LogP contribution in [0.4, 0.5) is 4.39 Å². The molecular formula is C15H11ClFNO2S. The van der Waals surface area contributed by atoms with Gasteiger partial charge >= 0.3 is 0 Å². The SMILES string of the molecule is Cc1ccc(-c2nc(COc3ccc(F)cc3Cl)cs2)o1. The Morgan fingerprint density at radius 3 is 2.90 bits per heavy atom. The quantitative estimate of drug-likeness (QED) is 0.671. The lowest BCUT2D eigenvalue weighted by atomic mass is 10.3. The van der Waals surface area contributed by atoms with Crippen LogP contribution in [-0.2, 0) is 6.61 Å². The number of ether oxygens (including phenoxy) is 1. The van der Waals surface area contributed by atoms with E-state index < -0.39 is 5.82 Å². The van der Waals surface area contributed by atoms with Gasteiger partial charge in [-0.15, -0.1) is 11.3 Å². The summed E-state index contributed by atoms with van der Waals surface area (Å²) in [7, 11) is 0. The Kier molecular flexibility index (Phi) is 3.94. The number of halogens is 2. The zero-order valence-electron chi connectivity index (χ0n) is 11.1. The van der Waals surface area contributed by atoms with Crippen molar-refractivity contribution < 1.29 is 13.5 Å². The standard InChI is InChI=1S/C15H11ClFNO2S/c1-9-2-4-14(20-9)15-18-11(8-21-15)7-19-13-5-3-10(17)6-12(13)16/h2-6,8H,7H2,1H3. The lowest BCUT2D eigenvalue weighted by Crippen LogP contribution is -1.96. The molecule has 0 saturated carbocycles. The van der Waals surface area contributed by atoms with Gasteiger partial charge in [0.1, 0.15) is 23.9 Å². The van der Waals surface area contributed by atoms with Crippen LogP contribution < -0.4 is 4.74 Å². The van der Waals surface area contributed by atoms with Gasteiger partial charge in [0.05, 0.1) is 10.7 Å². The summed E-state index contributed by atoms with van der Waals surface area (Å²) >= 11 is 7.38. The minimum Gasteiger partial charge on any atom is -0.486 e. The van der Waals surface area contributed by atoms with Gasteiger partial charge in [0.25, 0.3) is 0 Å². The molecule has 3 nitrogen and oxygen atoms in total. The maximum atomic E-state index is 12.9. The number of aromatic nitrogens is 1. The highest BCUT2D eigenvalue weighted by atomic mass is 35.5. The van der Waals surface area contributed by atoms with Crippen molar-refractivity contribution in [3.05, 3.63) is 58.0 Å². The first kappa shape index (κ1) is 14.1. The second kappa shape index (κ2) is 5.87. The average molecular weight is 324 g/mol. The third-order valence-corrected chi connectivity index (χ3v) is 3.97. The summed E-state index contributed by atoms with van der Waals surface area (Å²) in [4.78, 5) is 4.44. The van der Waals surface area contributed by atoms with Gasteiger partial charge in [0.2, 0.25) is 0 Å². The molecule has 0 unspecified atom stereocenters. The Labute approximate surface area is 130 Å². The highest BCUT2D eigenvalue weighted by Gasteiger charge is 2.10. The van der Waals surface area contributed by atoms with Gasteiger partial charge in [-0.2, -0.15) is 0 Å². The lowest BCUT2D eigenvalue weighted by Gasteiger charge is -2.05. The molecule has 2 aromatic heterocycles. The zero-order valence-corrected chi connectivity index (χ0v) is 12.7. The molecule has 108 valence electrons. The zero-order chi connectivity index (χ0) is 14.8. The van der Waals surface area contributed by atoms with Crippen molar-refractivity contribution in [2.45, 2.75) is 13.5 Å². The Morgan fingerprint density at radius 1 is 1.33 bits per heavy atom. The van der Waals surface area contributed by atoms with E-state index in [1.165, 1.54) is 29.5 Å². The van der Waals surface area contributed by atoms with Crippen molar-refractivity contribution in [3.8, 4) is 16.5 Å². The van der Waals surface area contributed by atoms with Gasteiger partial charge in [-0.1, -0.05) is 11.6 Å². The summed E-state index contributed by atoms with van der Waals surface area (Å²) in [6.07, 6.45) is 0. The Bertz CT molecular complexity index is 769. The van der Waals surface area contributed by atoms with E-state index >= 15 is 0 Å². The first-order valence-electron chi connectivity index (χ1n) is 6.21. The van der Waals surface area contributed by atoms with Gasteiger partial charge in [-0.05, 0) is 37.3 Å². The predicted molar refractivity (Wildman–Crippen MR) is 80.3 cm³/mol. The number of furan rings is 1. The molecule has 21 heavy (non-hydrogen) atoms. The summed E-state index contributed by atoms with van der Waals surface area (Å²) in [5.41, 5.74) is 0.768. The first-order valence-corrected chi connectivity index (χ1v) is 7.46. The number of rotatable bonds is 4. The van der Waals surface area contributed by atoms with E-state index in [4.69, 9.17) is 20.8 Å². The molecule has 0 spiro atoms. The van der Waals surface area contributed by atoms with E-state index in [1.54, 1.807) is 0 Å². The molecule has 0 N–H and O–H groups in total. The van der Waals surface area contributed by atoms with E-state index in [0.717, 1.165) is 22.2 Å². The van der Waals surface area contributed by atoms with E-state index in [-0.39, 0.29) is 11.6 Å². The number of hydrogen-bond acceptors (Lipinski definition) is 4. The Hall–Kier alpha value is -1.85. The largest absolute Gasteiger partial charge is 0.486 e. The Balaban J connectivity index is 1.70. The highest BCUT2D eigenvalue weighted by Crippen LogP contribution is 2.28. The van der Waals surface area contributed by atoms with Crippen LogP contribution in [-0.4, -0.2) is 4.98 Å². The van der Waals surface area contributed by atoms with Crippen LogP contribution in [0.25, 0.3) is 10.8 Å². The summed E-state index contributed by atoms with van der Waals surface area (Å²) in [6.45, 7) is 2.15.